The zero-order chi connectivity index (χ0) is 31.6. The van der Waals surface area contributed by atoms with E-state index in [1.807, 2.05) is 0 Å². The minimum atomic E-state index is 0.674. The van der Waals surface area contributed by atoms with Gasteiger partial charge in [0.25, 0.3) is 0 Å². The third-order valence-corrected chi connectivity index (χ3v) is 20.1. The molecule has 4 saturated heterocycles. The molecule has 6 heteroatoms. The summed E-state index contributed by atoms with van der Waals surface area (Å²) >= 11 is 4.74. The fourth-order valence-corrected chi connectivity index (χ4v) is 18.4. The Morgan fingerprint density at radius 1 is 0.375 bits per heavy atom. The second kappa shape index (κ2) is 14.4. The normalized spacial score (nSPS) is 52.1. The zero-order valence-corrected chi connectivity index (χ0v) is 32.0. The summed E-state index contributed by atoms with van der Waals surface area (Å²) in [5.41, 5.74) is 0. The molecule has 0 spiro atoms. The molecule has 6 aliphatic carbocycles. The van der Waals surface area contributed by atoms with Gasteiger partial charge in [0, 0.05) is 12.1 Å². The number of nitrogens with one attached hydrogen (secondary N) is 2. The van der Waals surface area contributed by atoms with Crippen LogP contribution in [0.15, 0.2) is 0 Å². The summed E-state index contributed by atoms with van der Waals surface area (Å²) in [6, 6.07) is 1.70. The van der Waals surface area contributed by atoms with E-state index in [1.165, 1.54) is 127 Å². The number of nitrogens with zero attached hydrogens (tertiary/aromatic N) is 2. The SMILES string of the molecule is C1CCC2C(C1)CCNC2N(C1CCCS1)C1CCC2CCC3C4C(CCC1C24)CCC3N(C1CCCS1)C1NCCC2CCCCC21. The number of thioether (sulfide) groups is 2. The molecule has 16 atom stereocenters. The van der Waals surface area contributed by atoms with Gasteiger partial charge in [0.1, 0.15) is 0 Å². The first-order valence-corrected chi connectivity index (χ1v) is 24.2. The van der Waals surface area contributed by atoms with Crippen LogP contribution in [0.1, 0.15) is 141 Å². The lowest BCUT2D eigenvalue weighted by Gasteiger charge is -2.64. The van der Waals surface area contributed by atoms with E-state index in [1.54, 1.807) is 38.5 Å². The molecule has 0 aromatic rings. The van der Waals surface area contributed by atoms with Crippen LogP contribution in [-0.4, -0.2) is 69.6 Å². The molecule has 48 heavy (non-hydrogen) atoms. The highest BCUT2D eigenvalue weighted by atomic mass is 32.2. The van der Waals surface area contributed by atoms with Gasteiger partial charge in [0.15, 0.2) is 0 Å². The molecule has 6 saturated carbocycles. The van der Waals surface area contributed by atoms with Crippen molar-refractivity contribution in [3.63, 3.8) is 0 Å². The number of hydrogen-bond acceptors (Lipinski definition) is 6. The van der Waals surface area contributed by atoms with E-state index in [0.29, 0.717) is 12.3 Å². The van der Waals surface area contributed by atoms with Crippen molar-refractivity contribution in [2.24, 2.45) is 59.2 Å². The Kier molecular flexibility index (Phi) is 9.95. The summed E-state index contributed by atoms with van der Waals surface area (Å²) < 4.78 is 0. The van der Waals surface area contributed by atoms with E-state index >= 15 is 0 Å². The number of fused-ring (bicyclic) bond motifs is 2. The smallest absolute Gasteiger partial charge is 0.0641 e. The van der Waals surface area contributed by atoms with E-state index in [9.17, 15) is 0 Å². The van der Waals surface area contributed by atoms with Crippen LogP contribution < -0.4 is 10.6 Å². The van der Waals surface area contributed by atoms with Gasteiger partial charge in [-0.2, -0.15) is 0 Å². The second-order valence-electron chi connectivity index (χ2n) is 19.1. The second-order valence-corrected chi connectivity index (χ2v) is 21.6. The Morgan fingerprint density at radius 2 is 0.833 bits per heavy atom. The topological polar surface area (TPSA) is 30.5 Å². The summed E-state index contributed by atoms with van der Waals surface area (Å²) in [6.07, 6.45) is 34.5. The van der Waals surface area contributed by atoms with Crippen LogP contribution in [-0.2, 0) is 0 Å². The maximum absolute atomic E-state index is 4.29. The number of piperidine rings is 2. The lowest BCUT2D eigenvalue weighted by molar-refractivity contribution is -0.150. The average molecular weight is 695 g/mol. The van der Waals surface area contributed by atoms with Gasteiger partial charge in [0.05, 0.1) is 23.1 Å². The van der Waals surface area contributed by atoms with Crippen LogP contribution in [0.2, 0.25) is 0 Å². The quantitative estimate of drug-likeness (QED) is 0.289. The first-order chi connectivity index (χ1) is 23.8. The minimum absolute atomic E-state index is 0.674. The van der Waals surface area contributed by atoms with Gasteiger partial charge in [-0.1, -0.05) is 38.5 Å². The summed E-state index contributed by atoms with van der Waals surface area (Å²) in [7, 11) is 0. The predicted octanol–water partition coefficient (Wildman–Crippen LogP) is 9.16. The van der Waals surface area contributed by atoms with E-state index in [0.717, 1.165) is 82.0 Å². The van der Waals surface area contributed by atoms with Crippen molar-refractivity contribution >= 4 is 23.5 Å². The Bertz CT molecular complexity index is 1010. The lowest BCUT2D eigenvalue weighted by Crippen LogP contribution is -2.68. The summed E-state index contributed by atoms with van der Waals surface area (Å²) in [4.78, 5) is 6.59. The molecule has 0 bridgehead atoms. The van der Waals surface area contributed by atoms with Gasteiger partial charge in [-0.3, -0.25) is 9.80 Å². The number of rotatable bonds is 6. The van der Waals surface area contributed by atoms with Crippen molar-refractivity contribution in [2.45, 2.75) is 176 Å². The van der Waals surface area contributed by atoms with Gasteiger partial charge in [-0.25, -0.2) is 0 Å². The maximum Gasteiger partial charge on any atom is 0.0641 e. The van der Waals surface area contributed by atoms with Crippen molar-refractivity contribution in [3.05, 3.63) is 0 Å². The van der Waals surface area contributed by atoms with Crippen molar-refractivity contribution in [3.8, 4) is 0 Å². The average Bonchev–Trinajstić information content (AvgIpc) is 3.88. The molecule has 4 nitrogen and oxygen atoms in total. The molecule has 10 fully saturated rings. The van der Waals surface area contributed by atoms with E-state index < -0.39 is 0 Å². The fraction of sp³-hybridized carbons (Fsp3) is 1.00. The molecule has 0 radical (unpaired) electrons. The minimum Gasteiger partial charge on any atom is -0.301 e. The van der Waals surface area contributed by atoms with Gasteiger partial charge in [0.2, 0.25) is 0 Å². The first-order valence-electron chi connectivity index (χ1n) is 22.1. The van der Waals surface area contributed by atoms with Crippen molar-refractivity contribution in [1.82, 2.24) is 20.4 Å². The molecule has 16 unspecified atom stereocenters. The van der Waals surface area contributed by atoms with E-state index in [-0.39, 0.29) is 0 Å². The van der Waals surface area contributed by atoms with Gasteiger partial charge >= 0.3 is 0 Å². The predicted molar refractivity (Wildman–Crippen MR) is 204 cm³/mol. The molecule has 4 heterocycles. The molecule has 10 aliphatic rings. The van der Waals surface area contributed by atoms with Crippen molar-refractivity contribution < 1.29 is 0 Å². The summed E-state index contributed by atoms with van der Waals surface area (Å²) in [6.45, 7) is 2.56. The summed E-state index contributed by atoms with van der Waals surface area (Å²) in [5, 5.41) is 10.2. The molecule has 2 N–H and O–H groups in total. The third-order valence-electron chi connectivity index (χ3n) is 17.3. The van der Waals surface area contributed by atoms with Crippen LogP contribution in [0.4, 0.5) is 0 Å². The van der Waals surface area contributed by atoms with Crippen LogP contribution in [0.3, 0.4) is 0 Å². The Hall–Kier alpha value is 0.540. The standard InChI is InChI=1S/C42H70N4S2/c1-3-9-31-27(7-1)21-23-43-41(31)45(37-11-5-25-47-37)35-19-15-29-14-18-34-36(20-16-30-13-17-33(35)39(29)40(30)34)46(38-12-6-26-48-38)42-32-10-4-2-8-28(32)22-24-44-42/h27-44H,1-26H2. The monoisotopic (exact) mass is 695 g/mol. The van der Waals surface area contributed by atoms with Crippen molar-refractivity contribution in [1.29, 1.82) is 0 Å². The molecule has 4 aliphatic heterocycles. The van der Waals surface area contributed by atoms with Gasteiger partial charge < -0.3 is 10.6 Å². The molecule has 270 valence electrons. The molecule has 0 aromatic carbocycles. The van der Waals surface area contributed by atoms with Gasteiger partial charge in [-0.15, -0.1) is 23.5 Å². The number of hydrogen-bond donors (Lipinski definition) is 2. The summed E-state index contributed by atoms with van der Waals surface area (Å²) in [5.74, 6) is 12.8. The highest BCUT2D eigenvalue weighted by Crippen LogP contribution is 2.62. The highest BCUT2D eigenvalue weighted by Gasteiger charge is 2.59. The molecular weight excluding hydrogens is 625 g/mol. The van der Waals surface area contributed by atoms with Crippen LogP contribution in [0, 0.1) is 59.2 Å². The fourth-order valence-electron chi connectivity index (χ4n) is 15.6. The Balaban J connectivity index is 0.960. The Morgan fingerprint density at radius 3 is 1.29 bits per heavy atom. The zero-order valence-electron chi connectivity index (χ0n) is 30.3. The molecule has 0 aromatic heterocycles. The van der Waals surface area contributed by atoms with E-state index in [2.05, 4.69) is 44.0 Å². The largest absolute Gasteiger partial charge is 0.301 e. The van der Waals surface area contributed by atoms with Crippen LogP contribution in [0.25, 0.3) is 0 Å². The first kappa shape index (κ1) is 33.1. The highest BCUT2D eigenvalue weighted by molar-refractivity contribution is 8.00. The molecule has 0 amide bonds. The maximum atomic E-state index is 4.29. The van der Waals surface area contributed by atoms with Crippen LogP contribution in [0.5, 0.6) is 0 Å². The van der Waals surface area contributed by atoms with Gasteiger partial charge in [-0.05, 0) is 187 Å². The van der Waals surface area contributed by atoms with E-state index in [4.69, 9.17) is 0 Å². The van der Waals surface area contributed by atoms with Crippen LogP contribution >= 0.6 is 23.5 Å². The van der Waals surface area contributed by atoms with Crippen molar-refractivity contribution in [2.75, 3.05) is 24.6 Å². The molecule has 10 rings (SSSR count). The third kappa shape index (κ3) is 5.84. The lowest BCUT2D eigenvalue weighted by atomic mass is 9.46. The molecular formula is C42H70N4S2. The Labute approximate surface area is 303 Å².